The summed E-state index contributed by atoms with van der Waals surface area (Å²) in [6.45, 7) is 4.72. The average molecular weight is 481 g/mol. The second-order valence-electron chi connectivity index (χ2n) is 9.49. The Morgan fingerprint density at radius 2 is 1.71 bits per heavy atom. The van der Waals surface area contributed by atoms with Gasteiger partial charge in [-0.15, -0.1) is 0 Å². The average Bonchev–Trinajstić information content (AvgIpc) is 3.18. The summed E-state index contributed by atoms with van der Waals surface area (Å²) in [5, 5.41) is 12.2. The molecule has 1 aliphatic heterocycles. The Bertz CT molecular complexity index is 1040. The minimum Gasteiger partial charge on any atom is -0.480 e. The second-order valence-corrected chi connectivity index (χ2v) is 9.49. The largest absolute Gasteiger partial charge is 0.480 e. The third-order valence-corrected chi connectivity index (χ3v) is 6.64. The number of hydrogen-bond acceptors (Lipinski definition) is 5. The van der Waals surface area contributed by atoms with E-state index in [0.29, 0.717) is 13.0 Å². The molecule has 1 saturated heterocycles. The SMILES string of the molecule is CC(C)CC(CNC(=O)OCC1c2ccccc2-c2ccccc21)C(=O)N1CCOCC1C(=O)O. The lowest BCUT2D eigenvalue weighted by atomic mass is 9.94. The number of nitrogens with one attached hydrogen (secondary N) is 1. The third-order valence-electron chi connectivity index (χ3n) is 6.64. The summed E-state index contributed by atoms with van der Waals surface area (Å²) in [6, 6.07) is 15.2. The first kappa shape index (κ1) is 24.7. The summed E-state index contributed by atoms with van der Waals surface area (Å²) < 4.78 is 10.8. The number of ether oxygens (including phenoxy) is 2. The fraction of sp³-hybridized carbons (Fsp3) is 0.444. The van der Waals surface area contributed by atoms with Gasteiger partial charge in [-0.25, -0.2) is 9.59 Å². The fourth-order valence-corrected chi connectivity index (χ4v) is 5.00. The molecule has 2 unspecified atom stereocenters. The van der Waals surface area contributed by atoms with Crippen LogP contribution in [0.4, 0.5) is 4.79 Å². The molecule has 8 heteroatoms. The molecular weight excluding hydrogens is 448 g/mol. The van der Waals surface area contributed by atoms with Crippen LogP contribution < -0.4 is 5.32 Å². The molecule has 1 heterocycles. The predicted molar refractivity (Wildman–Crippen MR) is 130 cm³/mol. The maximum absolute atomic E-state index is 13.2. The lowest BCUT2D eigenvalue weighted by Gasteiger charge is -2.35. The standard InChI is InChI=1S/C27H32N2O6/c1-17(2)13-18(25(30)29-11-12-34-16-24(29)26(31)32)14-28-27(33)35-15-23-21-9-5-3-7-19(21)20-8-4-6-10-22(20)23/h3-10,17-18,23-24H,11-16H2,1-2H3,(H,28,33)(H,31,32). The zero-order valence-electron chi connectivity index (χ0n) is 20.1. The van der Waals surface area contributed by atoms with Gasteiger partial charge in [0.15, 0.2) is 6.04 Å². The molecule has 0 radical (unpaired) electrons. The summed E-state index contributed by atoms with van der Waals surface area (Å²) >= 11 is 0. The van der Waals surface area contributed by atoms with Gasteiger partial charge in [-0.1, -0.05) is 62.4 Å². The maximum Gasteiger partial charge on any atom is 0.407 e. The number of carbonyl (C=O) groups excluding carboxylic acids is 2. The maximum atomic E-state index is 13.2. The first-order valence-electron chi connectivity index (χ1n) is 12.1. The summed E-state index contributed by atoms with van der Waals surface area (Å²) in [6.07, 6.45) is -0.0724. The van der Waals surface area contributed by atoms with Gasteiger partial charge >= 0.3 is 12.1 Å². The van der Waals surface area contributed by atoms with Gasteiger partial charge in [-0.3, -0.25) is 4.79 Å². The molecule has 2 atom stereocenters. The highest BCUT2D eigenvalue weighted by Crippen LogP contribution is 2.44. The van der Waals surface area contributed by atoms with E-state index < -0.39 is 24.0 Å². The molecule has 8 nitrogen and oxygen atoms in total. The van der Waals surface area contributed by atoms with Gasteiger partial charge < -0.3 is 24.8 Å². The van der Waals surface area contributed by atoms with Gasteiger partial charge in [0.1, 0.15) is 6.61 Å². The number of carboxylic acid groups (broad SMARTS) is 1. The Balaban J connectivity index is 1.38. The van der Waals surface area contributed by atoms with E-state index in [1.165, 1.54) is 4.90 Å². The minimum atomic E-state index is -1.09. The molecule has 1 aliphatic carbocycles. The van der Waals surface area contributed by atoms with Crippen LogP contribution in [0.2, 0.25) is 0 Å². The molecule has 2 aromatic carbocycles. The number of rotatable bonds is 8. The Labute approximate surface area is 205 Å². The molecule has 1 fully saturated rings. The van der Waals surface area contributed by atoms with Gasteiger partial charge in [0.05, 0.1) is 19.1 Å². The smallest absolute Gasteiger partial charge is 0.407 e. The number of aliphatic carboxylic acids is 1. The molecule has 35 heavy (non-hydrogen) atoms. The van der Waals surface area contributed by atoms with Crippen LogP contribution >= 0.6 is 0 Å². The van der Waals surface area contributed by atoms with Crippen molar-refractivity contribution < 1.29 is 29.0 Å². The van der Waals surface area contributed by atoms with Crippen LogP contribution in [-0.2, 0) is 19.1 Å². The van der Waals surface area contributed by atoms with E-state index >= 15 is 0 Å². The van der Waals surface area contributed by atoms with Crippen LogP contribution in [0, 0.1) is 11.8 Å². The zero-order valence-corrected chi connectivity index (χ0v) is 20.1. The Morgan fingerprint density at radius 1 is 1.09 bits per heavy atom. The number of carbonyl (C=O) groups is 3. The van der Waals surface area contributed by atoms with Crippen molar-refractivity contribution in [1.82, 2.24) is 10.2 Å². The van der Waals surface area contributed by atoms with Gasteiger partial charge in [-0.2, -0.15) is 0 Å². The van der Waals surface area contributed by atoms with Crippen LogP contribution in [0.1, 0.15) is 37.3 Å². The van der Waals surface area contributed by atoms with E-state index in [0.717, 1.165) is 22.3 Å². The quantitative estimate of drug-likeness (QED) is 0.599. The summed E-state index contributed by atoms with van der Waals surface area (Å²) in [5.74, 6) is -1.78. The molecule has 0 spiro atoms. The van der Waals surface area contributed by atoms with Gasteiger partial charge in [0.2, 0.25) is 5.91 Å². The molecule has 2 aliphatic rings. The van der Waals surface area contributed by atoms with Crippen molar-refractivity contribution in [2.45, 2.75) is 32.2 Å². The zero-order chi connectivity index (χ0) is 24.9. The van der Waals surface area contributed by atoms with Crippen LogP contribution in [-0.4, -0.2) is 66.9 Å². The van der Waals surface area contributed by atoms with Gasteiger partial charge in [-0.05, 0) is 34.6 Å². The van der Waals surface area contributed by atoms with Crippen LogP contribution in [0.3, 0.4) is 0 Å². The van der Waals surface area contributed by atoms with Crippen molar-refractivity contribution in [2.75, 3.05) is 32.9 Å². The van der Waals surface area contributed by atoms with Crippen molar-refractivity contribution >= 4 is 18.0 Å². The number of morpholine rings is 1. The Kier molecular flexibility index (Phi) is 7.70. The lowest BCUT2D eigenvalue weighted by Crippen LogP contribution is -2.55. The number of carboxylic acids is 1. The highest BCUT2D eigenvalue weighted by Gasteiger charge is 2.36. The summed E-state index contributed by atoms with van der Waals surface area (Å²) in [4.78, 5) is 38.8. The molecule has 0 aromatic heterocycles. The van der Waals surface area contributed by atoms with E-state index in [1.54, 1.807) is 0 Å². The predicted octanol–water partition coefficient (Wildman–Crippen LogP) is 3.50. The van der Waals surface area contributed by atoms with Crippen molar-refractivity contribution in [2.24, 2.45) is 11.8 Å². The van der Waals surface area contributed by atoms with E-state index in [2.05, 4.69) is 29.6 Å². The van der Waals surface area contributed by atoms with Crippen molar-refractivity contribution in [3.63, 3.8) is 0 Å². The number of alkyl carbamates (subject to hydrolysis) is 1. The number of benzene rings is 2. The molecule has 186 valence electrons. The third kappa shape index (κ3) is 5.48. The van der Waals surface area contributed by atoms with E-state index in [9.17, 15) is 19.5 Å². The normalized spacial score (nSPS) is 18.0. The minimum absolute atomic E-state index is 0.0325. The molecule has 0 bridgehead atoms. The van der Waals surface area contributed by atoms with Gasteiger partial charge in [0.25, 0.3) is 0 Å². The first-order chi connectivity index (χ1) is 16.9. The first-order valence-corrected chi connectivity index (χ1v) is 12.1. The van der Waals surface area contributed by atoms with Crippen molar-refractivity contribution in [3.05, 3.63) is 59.7 Å². The van der Waals surface area contributed by atoms with Crippen molar-refractivity contribution in [1.29, 1.82) is 0 Å². The van der Waals surface area contributed by atoms with E-state index in [4.69, 9.17) is 9.47 Å². The highest BCUT2D eigenvalue weighted by molar-refractivity contribution is 5.86. The van der Waals surface area contributed by atoms with Crippen molar-refractivity contribution in [3.8, 4) is 11.1 Å². The molecule has 2 N–H and O–H groups in total. The molecule has 2 amide bonds. The number of amides is 2. The Hall–Kier alpha value is -3.39. The highest BCUT2D eigenvalue weighted by atomic mass is 16.5. The summed E-state index contributed by atoms with van der Waals surface area (Å²) in [7, 11) is 0. The van der Waals surface area contributed by atoms with Crippen LogP contribution in [0.15, 0.2) is 48.5 Å². The number of hydrogen-bond donors (Lipinski definition) is 2. The number of nitrogens with zero attached hydrogens (tertiary/aromatic N) is 1. The lowest BCUT2D eigenvalue weighted by molar-refractivity contribution is -0.160. The topological polar surface area (TPSA) is 105 Å². The van der Waals surface area contributed by atoms with Gasteiger partial charge in [0, 0.05) is 19.0 Å². The molecule has 0 saturated carbocycles. The van der Waals surface area contributed by atoms with Crippen LogP contribution in [0.5, 0.6) is 0 Å². The van der Waals surface area contributed by atoms with E-state index in [1.807, 2.05) is 38.1 Å². The van der Waals surface area contributed by atoms with Crippen LogP contribution in [0.25, 0.3) is 11.1 Å². The monoisotopic (exact) mass is 480 g/mol. The fourth-order valence-electron chi connectivity index (χ4n) is 5.00. The Morgan fingerprint density at radius 3 is 2.31 bits per heavy atom. The molecule has 4 rings (SSSR count). The summed E-state index contributed by atoms with van der Waals surface area (Å²) in [5.41, 5.74) is 4.55. The second kappa shape index (κ2) is 10.9. The number of fused-ring (bicyclic) bond motifs is 3. The molecule has 2 aromatic rings. The van der Waals surface area contributed by atoms with E-state index in [-0.39, 0.29) is 44.0 Å². The molecular formula is C27H32N2O6.